The van der Waals surface area contributed by atoms with Gasteiger partial charge in [0.15, 0.2) is 5.78 Å². The van der Waals surface area contributed by atoms with E-state index in [1.54, 1.807) is 0 Å². The summed E-state index contributed by atoms with van der Waals surface area (Å²) in [5, 5.41) is 0. The molecule has 17 heavy (non-hydrogen) atoms. The Morgan fingerprint density at radius 1 is 1.06 bits per heavy atom. The highest BCUT2D eigenvalue weighted by Gasteiger charge is 2.27. The van der Waals surface area contributed by atoms with Gasteiger partial charge in [-0.3, -0.25) is 9.69 Å². The lowest BCUT2D eigenvalue weighted by Crippen LogP contribution is -2.37. The monoisotopic (exact) mass is 233 g/mol. The third-order valence-corrected chi connectivity index (χ3v) is 3.18. The second kappa shape index (κ2) is 5.97. The van der Waals surface area contributed by atoms with Crippen molar-refractivity contribution in [2.45, 2.75) is 39.8 Å². The van der Waals surface area contributed by atoms with Crippen molar-refractivity contribution >= 4 is 5.78 Å². The van der Waals surface area contributed by atoms with Crippen LogP contribution in [0.4, 0.5) is 0 Å². The molecule has 0 aliphatic carbocycles. The van der Waals surface area contributed by atoms with Gasteiger partial charge in [-0.1, -0.05) is 44.2 Å². The highest BCUT2D eigenvalue weighted by molar-refractivity contribution is 5.86. The van der Waals surface area contributed by atoms with E-state index in [0.717, 1.165) is 5.56 Å². The average molecular weight is 233 g/mol. The Balaban J connectivity index is 3.07. The first-order chi connectivity index (χ1) is 7.95. The molecule has 0 saturated carbocycles. The van der Waals surface area contributed by atoms with Crippen LogP contribution in [-0.2, 0) is 4.79 Å². The number of rotatable bonds is 5. The summed E-state index contributed by atoms with van der Waals surface area (Å²) in [5.41, 5.74) is 1.09. The number of ketones is 1. The Morgan fingerprint density at radius 3 is 2.00 bits per heavy atom. The zero-order valence-electron chi connectivity index (χ0n) is 11.5. The van der Waals surface area contributed by atoms with Crippen molar-refractivity contribution in [3.8, 4) is 0 Å². The molecule has 0 N–H and O–H groups in total. The van der Waals surface area contributed by atoms with Gasteiger partial charge >= 0.3 is 0 Å². The van der Waals surface area contributed by atoms with E-state index in [4.69, 9.17) is 0 Å². The normalized spacial score (nSPS) is 13.4. The Bertz CT molecular complexity index is 356. The first kappa shape index (κ1) is 13.9. The van der Waals surface area contributed by atoms with Gasteiger partial charge in [-0.05, 0) is 26.5 Å². The molecule has 1 rings (SSSR count). The van der Waals surface area contributed by atoms with Crippen LogP contribution in [0.5, 0.6) is 0 Å². The first-order valence-corrected chi connectivity index (χ1v) is 6.25. The van der Waals surface area contributed by atoms with E-state index in [1.807, 2.05) is 51.2 Å². The lowest BCUT2D eigenvalue weighted by atomic mass is 9.93. The lowest BCUT2D eigenvalue weighted by molar-refractivity contribution is -0.127. The van der Waals surface area contributed by atoms with Crippen LogP contribution in [-0.4, -0.2) is 23.8 Å². The van der Waals surface area contributed by atoms with Gasteiger partial charge in [0.05, 0.1) is 6.04 Å². The van der Waals surface area contributed by atoms with Crippen molar-refractivity contribution in [3.63, 3.8) is 0 Å². The lowest BCUT2D eigenvalue weighted by Gasteiger charge is -2.31. The molecule has 2 nitrogen and oxygen atoms in total. The largest absolute Gasteiger partial charge is 0.297 e. The predicted molar refractivity (Wildman–Crippen MR) is 71.9 cm³/mol. The maximum atomic E-state index is 12.3. The van der Waals surface area contributed by atoms with Gasteiger partial charge in [0.25, 0.3) is 0 Å². The zero-order valence-corrected chi connectivity index (χ0v) is 11.5. The standard InChI is InChI=1S/C15H23NO/c1-11(2)15(17)14(16(5)12(3)4)13-9-7-6-8-10-13/h6-12,14H,1-5H3/t14-/m1/s1. The minimum Gasteiger partial charge on any atom is -0.297 e. The summed E-state index contributed by atoms with van der Waals surface area (Å²) in [6.07, 6.45) is 0. The van der Waals surface area contributed by atoms with E-state index in [1.165, 1.54) is 0 Å². The number of nitrogens with zero attached hydrogens (tertiary/aromatic N) is 1. The van der Waals surface area contributed by atoms with Crippen LogP contribution < -0.4 is 0 Å². The van der Waals surface area contributed by atoms with E-state index >= 15 is 0 Å². The zero-order chi connectivity index (χ0) is 13.0. The SMILES string of the molecule is CC(C)C(=O)[C@@H](c1ccccc1)N(C)C(C)C. The molecule has 0 unspecified atom stereocenters. The fourth-order valence-corrected chi connectivity index (χ4v) is 1.85. The summed E-state index contributed by atoms with van der Waals surface area (Å²) >= 11 is 0. The summed E-state index contributed by atoms with van der Waals surface area (Å²) in [5.74, 6) is 0.341. The molecule has 0 saturated heterocycles. The molecule has 1 aromatic carbocycles. The predicted octanol–water partition coefficient (Wildman–Crippen LogP) is 3.29. The van der Waals surface area contributed by atoms with Gasteiger partial charge in [0.1, 0.15) is 0 Å². The van der Waals surface area contributed by atoms with Crippen molar-refractivity contribution in [1.29, 1.82) is 0 Å². The highest BCUT2D eigenvalue weighted by atomic mass is 16.1. The molecule has 1 aromatic rings. The Hall–Kier alpha value is -1.15. The number of likely N-dealkylation sites (N-methyl/N-ethyl adjacent to an activating group) is 1. The summed E-state index contributed by atoms with van der Waals surface area (Å²) in [7, 11) is 2.02. The van der Waals surface area contributed by atoms with Crippen LogP contribution in [0.3, 0.4) is 0 Å². The van der Waals surface area contributed by atoms with E-state index < -0.39 is 0 Å². The molecule has 0 bridgehead atoms. The van der Waals surface area contributed by atoms with Gasteiger partial charge in [-0.2, -0.15) is 0 Å². The number of carbonyl (C=O) groups is 1. The van der Waals surface area contributed by atoms with Crippen LogP contribution >= 0.6 is 0 Å². The molecular weight excluding hydrogens is 210 g/mol. The molecule has 2 heteroatoms. The van der Waals surface area contributed by atoms with Crippen LogP contribution in [0.2, 0.25) is 0 Å². The molecule has 0 aromatic heterocycles. The first-order valence-electron chi connectivity index (χ1n) is 6.25. The summed E-state index contributed by atoms with van der Waals surface area (Å²) in [6.45, 7) is 8.16. The molecule has 0 fully saturated rings. The molecule has 94 valence electrons. The highest BCUT2D eigenvalue weighted by Crippen LogP contribution is 2.25. The van der Waals surface area contributed by atoms with Crippen molar-refractivity contribution in [2.75, 3.05) is 7.05 Å². The second-order valence-electron chi connectivity index (χ2n) is 5.13. The average Bonchev–Trinajstić information content (AvgIpc) is 2.30. The topological polar surface area (TPSA) is 20.3 Å². The number of benzene rings is 1. The van der Waals surface area contributed by atoms with Gasteiger partial charge in [0.2, 0.25) is 0 Å². The van der Waals surface area contributed by atoms with Crippen molar-refractivity contribution in [3.05, 3.63) is 35.9 Å². The van der Waals surface area contributed by atoms with Crippen molar-refractivity contribution in [2.24, 2.45) is 5.92 Å². The smallest absolute Gasteiger partial charge is 0.157 e. The molecule has 1 atom stereocenters. The maximum absolute atomic E-state index is 12.3. The van der Waals surface area contributed by atoms with Gasteiger partial charge in [-0.25, -0.2) is 0 Å². The molecular formula is C15H23NO. The number of Topliss-reactive ketones (excluding diaryl/α,β-unsaturated/α-hetero) is 1. The molecule has 0 radical (unpaired) electrons. The van der Waals surface area contributed by atoms with Gasteiger partial charge in [0, 0.05) is 12.0 Å². The van der Waals surface area contributed by atoms with Gasteiger partial charge < -0.3 is 0 Å². The molecule has 0 heterocycles. The molecule has 0 aliphatic heterocycles. The summed E-state index contributed by atoms with van der Waals surface area (Å²) in [4.78, 5) is 14.5. The third-order valence-electron chi connectivity index (χ3n) is 3.18. The fraction of sp³-hybridized carbons (Fsp3) is 0.533. The molecule has 0 amide bonds. The Morgan fingerprint density at radius 2 is 1.59 bits per heavy atom. The van der Waals surface area contributed by atoms with Gasteiger partial charge in [-0.15, -0.1) is 0 Å². The molecule has 0 aliphatic rings. The number of carbonyl (C=O) groups excluding carboxylic acids is 1. The van der Waals surface area contributed by atoms with E-state index in [-0.39, 0.29) is 17.7 Å². The number of hydrogen-bond acceptors (Lipinski definition) is 2. The molecule has 0 spiro atoms. The fourth-order valence-electron chi connectivity index (χ4n) is 1.85. The minimum absolute atomic E-state index is 0.0569. The summed E-state index contributed by atoms with van der Waals surface area (Å²) in [6, 6.07) is 10.2. The van der Waals surface area contributed by atoms with E-state index in [9.17, 15) is 4.79 Å². The van der Waals surface area contributed by atoms with Crippen molar-refractivity contribution < 1.29 is 4.79 Å². The van der Waals surface area contributed by atoms with Crippen LogP contribution in [0, 0.1) is 5.92 Å². The second-order valence-corrected chi connectivity index (χ2v) is 5.13. The quantitative estimate of drug-likeness (QED) is 0.777. The summed E-state index contributed by atoms with van der Waals surface area (Å²) < 4.78 is 0. The Kier molecular flexibility index (Phi) is 4.88. The minimum atomic E-state index is -0.129. The Labute approximate surface area is 105 Å². The van der Waals surface area contributed by atoms with Crippen LogP contribution in [0.15, 0.2) is 30.3 Å². The van der Waals surface area contributed by atoms with E-state index in [0.29, 0.717) is 6.04 Å². The number of hydrogen-bond donors (Lipinski definition) is 0. The van der Waals surface area contributed by atoms with Crippen LogP contribution in [0.25, 0.3) is 0 Å². The van der Waals surface area contributed by atoms with Crippen molar-refractivity contribution in [1.82, 2.24) is 4.90 Å². The third kappa shape index (κ3) is 3.40. The van der Waals surface area contributed by atoms with Crippen LogP contribution in [0.1, 0.15) is 39.3 Å². The van der Waals surface area contributed by atoms with E-state index in [2.05, 4.69) is 18.7 Å². The maximum Gasteiger partial charge on any atom is 0.157 e.